The summed E-state index contributed by atoms with van der Waals surface area (Å²) in [5, 5.41) is 42.8. The van der Waals surface area contributed by atoms with E-state index in [0.29, 0.717) is 9.68 Å². The number of imidazole rings is 2. The first kappa shape index (κ1) is 42.0. The van der Waals surface area contributed by atoms with Crippen LogP contribution in [0.5, 0.6) is 0 Å². The van der Waals surface area contributed by atoms with E-state index in [-0.39, 0.29) is 28.6 Å². The zero-order chi connectivity index (χ0) is 32.8. The molecule has 6 aliphatic heterocycles. The molecule has 8 rings (SSSR count). The van der Waals surface area contributed by atoms with E-state index in [0.717, 1.165) is 26.0 Å². The predicted octanol–water partition coefficient (Wildman–Crippen LogP) is -8.36. The minimum Gasteiger partial charge on any atom is -0.393 e. The fourth-order valence-electron chi connectivity index (χ4n) is 3.96. The van der Waals surface area contributed by atoms with Crippen LogP contribution in [-0.4, -0.2) is 125 Å². The van der Waals surface area contributed by atoms with E-state index in [1.54, 1.807) is 48.9 Å². The van der Waals surface area contributed by atoms with E-state index in [1.165, 1.54) is 0 Å². The van der Waals surface area contributed by atoms with Crippen LogP contribution < -0.4 is 76.8 Å². The smallest absolute Gasteiger partial charge is 0.393 e. The van der Waals surface area contributed by atoms with Gasteiger partial charge in [0.2, 0.25) is 6.33 Å². The van der Waals surface area contributed by atoms with Crippen LogP contribution in [0.1, 0.15) is 13.8 Å². The molecule has 5 saturated heterocycles. The molecule has 0 aliphatic carbocycles. The molecule has 48 heavy (non-hydrogen) atoms. The summed E-state index contributed by atoms with van der Waals surface area (Å²) >= 11 is 4.46. The Kier molecular flexibility index (Phi) is 23.1. The van der Waals surface area contributed by atoms with E-state index in [2.05, 4.69) is 149 Å². The largest absolute Gasteiger partial charge is 0.549 e. The highest BCUT2D eigenvalue weighted by Crippen LogP contribution is 1.94. The number of nitrogens with zero attached hydrogens (tertiary/aromatic N) is 5. The third kappa shape index (κ3) is 17.2. The Morgan fingerprint density at radius 2 is 1.44 bits per heavy atom. The summed E-state index contributed by atoms with van der Waals surface area (Å²) < 4.78 is 6.21. The van der Waals surface area contributed by atoms with E-state index in [9.17, 15) is 0 Å². The van der Waals surface area contributed by atoms with Crippen LogP contribution in [-0.2, 0) is 0 Å². The Hall–Kier alpha value is -0.426. The maximum absolute atomic E-state index is 3.95. The molecule has 8 radical (unpaired) electrons. The van der Waals surface area contributed by atoms with Crippen molar-refractivity contribution < 1.29 is 4.48 Å². The molecular formula is C14H35B13I2N19+. The number of hydrogen-bond donors (Lipinski definition) is 14. The van der Waals surface area contributed by atoms with Gasteiger partial charge in [-0.15, -0.1) is 44.7 Å². The summed E-state index contributed by atoms with van der Waals surface area (Å²) in [5.74, 6) is 0. The average molecular weight is 864 g/mol. The minimum atomic E-state index is 0. The van der Waals surface area contributed by atoms with Crippen molar-refractivity contribution in [3.63, 3.8) is 0 Å². The molecule has 0 spiro atoms. The Labute approximate surface area is 318 Å². The molecule has 6 aliphatic rings. The molecule has 0 bridgehead atoms. The first-order valence-corrected chi connectivity index (χ1v) is 17.3. The van der Waals surface area contributed by atoms with Crippen LogP contribution in [0.15, 0.2) is 54.7 Å². The van der Waals surface area contributed by atoms with Crippen LogP contribution in [0.2, 0.25) is 6.22 Å². The van der Waals surface area contributed by atoms with E-state index < -0.39 is 0 Å². The molecule has 2 aromatic heterocycles. The first-order chi connectivity index (χ1) is 23.2. The number of halogens is 2. The van der Waals surface area contributed by atoms with Gasteiger partial charge in [0.25, 0.3) is 45.3 Å². The molecule has 0 atom stereocenters. The van der Waals surface area contributed by atoms with Gasteiger partial charge in [0.1, 0.15) is 12.4 Å². The molecule has 8 heterocycles. The lowest BCUT2D eigenvalue weighted by Crippen LogP contribution is -2.74. The lowest BCUT2D eigenvalue weighted by molar-refractivity contribution is -0.541. The fourth-order valence-corrected chi connectivity index (χ4v) is 4.68. The molecular weight excluding hydrogens is 829 g/mol. The standard InChI is InChI=1S/C5H12B5N7.C4H8B2N5.C4H5N.CH4.2B3H3IN3/c1-2-17(10-12-4-11-7-15-10)5-16(1)9-3-6-13-8-14-9;1-2-11(4-7-1)6-9-3-8-5-10-6;1-2-4-5-3-1;;2*4-3-6-1-5-2-7-3/h1-2,5,11-15H,3-4H2;1-2,4,8-10H,3H2;1,3-4H,2H2;1H4;2*5-7H/q+1;;;;;. The van der Waals surface area contributed by atoms with Gasteiger partial charge in [-0.05, 0) is 6.22 Å². The molecule has 0 amide bonds. The lowest BCUT2D eigenvalue weighted by atomic mass is 9.52. The van der Waals surface area contributed by atoms with Gasteiger partial charge in [-0.25, -0.2) is 4.98 Å². The first-order valence-electron chi connectivity index (χ1n) is 14.8. The second-order valence-electron chi connectivity index (χ2n) is 9.60. The molecule has 14 N–H and O–H groups in total. The summed E-state index contributed by atoms with van der Waals surface area (Å²) in [6.07, 6.45) is 19.3. The van der Waals surface area contributed by atoms with E-state index >= 15 is 0 Å². The van der Waals surface area contributed by atoms with Crippen LogP contribution in [0.3, 0.4) is 0 Å². The summed E-state index contributed by atoms with van der Waals surface area (Å²) in [7, 11) is 14.9. The van der Waals surface area contributed by atoms with E-state index in [4.69, 9.17) is 0 Å². The van der Waals surface area contributed by atoms with Gasteiger partial charge >= 0.3 is 38.4 Å². The maximum atomic E-state index is 3.95. The average Bonchev–Trinajstić information content (AvgIpc) is 3.97. The number of hydrogen-bond acceptors (Lipinski definition) is 16. The van der Waals surface area contributed by atoms with Crippen LogP contribution in [0.4, 0.5) is 0 Å². The predicted molar refractivity (Wildman–Crippen MR) is 223 cm³/mol. The topological polar surface area (TPSA) is 207 Å². The van der Waals surface area contributed by atoms with Crippen molar-refractivity contribution >= 4 is 142 Å². The van der Waals surface area contributed by atoms with Gasteiger partial charge in [-0.1, -0.05) is 13.5 Å². The van der Waals surface area contributed by atoms with Crippen molar-refractivity contribution in [2.75, 3.05) is 13.3 Å². The van der Waals surface area contributed by atoms with Gasteiger partial charge in [0.15, 0.2) is 7.41 Å². The molecule has 34 heteroatoms. The molecule has 0 saturated carbocycles. The van der Waals surface area contributed by atoms with Gasteiger partial charge in [-0.3, -0.25) is 19.2 Å². The van der Waals surface area contributed by atoms with Crippen molar-refractivity contribution in [2.24, 2.45) is 4.99 Å². The van der Waals surface area contributed by atoms with Crippen molar-refractivity contribution in [1.29, 1.82) is 0 Å². The van der Waals surface area contributed by atoms with Crippen LogP contribution in [0, 0.1) is 0 Å². The Morgan fingerprint density at radius 1 is 0.750 bits per heavy atom. The SMILES string of the molecule is C.C1=CN=CC1.IB1N[B]N[B]N1.IB1N[B]N[B]N1.[B]1CB(n2cc[n+](B3N[B]NCN3)c2)N[B]N1.[B]1NCNB(n2ccnc2)N1. The highest BCUT2D eigenvalue weighted by Gasteiger charge is 2.31. The van der Waals surface area contributed by atoms with Crippen molar-refractivity contribution in [3.05, 3.63) is 49.7 Å². The Bertz CT molecular complexity index is 1060. The van der Waals surface area contributed by atoms with Crippen LogP contribution in [0.25, 0.3) is 0 Å². The van der Waals surface area contributed by atoms with E-state index in [1.807, 2.05) is 59.2 Å². The van der Waals surface area contributed by atoms with Crippen LogP contribution >= 0.6 is 44.7 Å². The highest BCUT2D eigenvalue weighted by molar-refractivity contribution is 14.1. The second kappa shape index (κ2) is 26.4. The Morgan fingerprint density at radius 3 is 1.90 bits per heavy atom. The van der Waals surface area contributed by atoms with Crippen molar-refractivity contribution in [2.45, 2.75) is 20.1 Å². The maximum Gasteiger partial charge on any atom is 0.549 e. The summed E-state index contributed by atoms with van der Waals surface area (Å²) in [4.78, 5) is 8.39. The number of nitrogens with one attached hydrogen (secondary N) is 14. The number of allylic oxidation sites excluding steroid dienone is 1. The normalized spacial score (nSPS) is 19.2. The van der Waals surface area contributed by atoms with Crippen molar-refractivity contribution in [3.8, 4) is 0 Å². The van der Waals surface area contributed by atoms with Gasteiger partial charge < -0.3 is 71.5 Å². The zero-order valence-corrected chi connectivity index (χ0v) is 29.8. The third-order valence-corrected chi connectivity index (χ3v) is 7.69. The molecule has 5 fully saturated rings. The molecule has 238 valence electrons. The molecule has 0 aromatic carbocycles. The Balaban J connectivity index is 0.000000174. The van der Waals surface area contributed by atoms with Crippen molar-refractivity contribution in [1.82, 2.24) is 86.2 Å². The minimum absolute atomic E-state index is 0. The zero-order valence-electron chi connectivity index (χ0n) is 25.5. The summed E-state index contributed by atoms with van der Waals surface area (Å²) in [5.41, 5.74) is 0. The fraction of sp³-hybridized carbons (Fsp3) is 0.357. The highest BCUT2D eigenvalue weighted by atomic mass is 127. The van der Waals surface area contributed by atoms with Gasteiger partial charge in [-0.2, -0.15) is 0 Å². The van der Waals surface area contributed by atoms with Gasteiger partial charge in [0.05, 0.1) is 6.33 Å². The number of aliphatic imine (C=N–C) groups is 1. The molecule has 19 nitrogen and oxygen atoms in total. The quantitative estimate of drug-likeness (QED) is 0.102. The number of aromatic nitrogens is 4. The third-order valence-electron chi connectivity index (χ3n) is 6.25. The second-order valence-corrected chi connectivity index (χ2v) is 12.1. The van der Waals surface area contributed by atoms with Gasteiger partial charge in [0, 0.05) is 44.6 Å². The summed E-state index contributed by atoms with van der Waals surface area (Å²) in [6, 6.07) is 0. The number of rotatable bonds is 3. The summed E-state index contributed by atoms with van der Waals surface area (Å²) in [6.45, 7) is 1.82. The molecule has 2 aromatic rings. The lowest BCUT2D eigenvalue weighted by Gasteiger charge is -2.21. The molecule has 0 unspecified atom stereocenters. The monoisotopic (exact) mass is 866 g/mol.